The quantitative estimate of drug-likeness (QED) is 0.669. The molecule has 26 heavy (non-hydrogen) atoms. The van der Waals surface area contributed by atoms with Gasteiger partial charge in [-0.15, -0.1) is 0 Å². The van der Waals surface area contributed by atoms with E-state index in [-0.39, 0.29) is 18.8 Å². The van der Waals surface area contributed by atoms with Crippen molar-refractivity contribution in [1.29, 1.82) is 0 Å². The van der Waals surface area contributed by atoms with E-state index in [1.165, 1.54) is 0 Å². The molecule has 0 aliphatic carbocycles. The van der Waals surface area contributed by atoms with Crippen LogP contribution in [0.25, 0.3) is 10.9 Å². The van der Waals surface area contributed by atoms with Crippen molar-refractivity contribution < 1.29 is 15.0 Å². The van der Waals surface area contributed by atoms with Crippen molar-refractivity contribution in [3.63, 3.8) is 0 Å². The van der Waals surface area contributed by atoms with Gasteiger partial charge in [0, 0.05) is 29.9 Å². The molecule has 2 heterocycles. The lowest BCUT2D eigenvalue weighted by Gasteiger charge is -2.23. The second-order valence-corrected chi connectivity index (χ2v) is 6.90. The summed E-state index contributed by atoms with van der Waals surface area (Å²) in [6.45, 7) is 5.96. The predicted molar refractivity (Wildman–Crippen MR) is 101 cm³/mol. The van der Waals surface area contributed by atoms with Crippen LogP contribution in [0.1, 0.15) is 41.0 Å². The highest BCUT2D eigenvalue weighted by Gasteiger charge is 2.24. The fraction of sp³-hybridized carbons (Fsp3) is 0.333. The van der Waals surface area contributed by atoms with Gasteiger partial charge in [0.25, 0.3) is 0 Å². The number of Topliss-reactive ketones (excluding diaryl/α,β-unsaturated/α-hetero) is 1. The van der Waals surface area contributed by atoms with Gasteiger partial charge in [-0.1, -0.05) is 12.1 Å². The number of benzene rings is 1. The normalized spacial score (nSPS) is 13.7. The number of hydrogen-bond donors (Lipinski definition) is 2. The molecule has 136 valence electrons. The molecule has 0 bridgehead atoms. The summed E-state index contributed by atoms with van der Waals surface area (Å²) >= 11 is 0. The molecule has 0 saturated heterocycles. The monoisotopic (exact) mass is 352 g/mol. The second-order valence-electron chi connectivity index (χ2n) is 6.90. The third-order valence-electron chi connectivity index (χ3n) is 4.83. The van der Waals surface area contributed by atoms with E-state index in [1.54, 1.807) is 31.3 Å². The van der Waals surface area contributed by atoms with Gasteiger partial charge in [0.2, 0.25) is 0 Å². The fourth-order valence-electron chi connectivity index (χ4n) is 3.29. The largest absolute Gasteiger partial charge is 0.393 e. The molecular weight excluding hydrogens is 328 g/mol. The van der Waals surface area contributed by atoms with Crippen molar-refractivity contribution in [2.45, 2.75) is 39.3 Å². The molecule has 0 radical (unpaired) electrons. The average Bonchev–Trinajstić information content (AvgIpc) is 3.03. The lowest BCUT2D eigenvalue weighted by Crippen LogP contribution is -2.27. The van der Waals surface area contributed by atoms with Crippen LogP contribution in [-0.2, 0) is 18.6 Å². The number of pyridine rings is 1. The first kappa shape index (κ1) is 18.3. The van der Waals surface area contributed by atoms with E-state index in [9.17, 15) is 15.0 Å². The molecule has 5 nitrogen and oxygen atoms in total. The molecular formula is C21H24N2O3. The average molecular weight is 352 g/mol. The van der Waals surface area contributed by atoms with E-state index in [1.807, 2.05) is 25.3 Å². The second kappa shape index (κ2) is 7.02. The number of aliphatic hydroxyl groups excluding tert-OH is 1. The molecule has 1 aromatic carbocycles. The number of aromatic nitrogens is 2. The first-order chi connectivity index (χ1) is 12.4. The van der Waals surface area contributed by atoms with E-state index >= 15 is 0 Å². The number of hydrogen-bond acceptors (Lipinski definition) is 4. The van der Waals surface area contributed by atoms with Crippen molar-refractivity contribution in [3.8, 4) is 0 Å². The molecule has 3 rings (SSSR count). The van der Waals surface area contributed by atoms with Gasteiger partial charge in [0.15, 0.2) is 5.78 Å². The predicted octanol–water partition coefficient (Wildman–Crippen LogP) is 2.99. The van der Waals surface area contributed by atoms with Crippen LogP contribution in [0.2, 0.25) is 0 Å². The van der Waals surface area contributed by atoms with Crippen LogP contribution in [0.3, 0.4) is 0 Å². The van der Waals surface area contributed by atoms with Gasteiger partial charge < -0.3 is 14.8 Å². The van der Waals surface area contributed by atoms with Gasteiger partial charge >= 0.3 is 0 Å². The number of fused-ring (bicyclic) bond motifs is 1. The Morgan fingerprint density at radius 1 is 1.27 bits per heavy atom. The van der Waals surface area contributed by atoms with Crippen LogP contribution in [0, 0.1) is 6.92 Å². The van der Waals surface area contributed by atoms with E-state index in [0.717, 1.165) is 28.7 Å². The lowest BCUT2D eigenvalue weighted by molar-refractivity contribution is -0.00279. The number of carbonyl (C=O) groups is 1. The molecule has 0 fully saturated rings. The number of aryl methyl sites for hydroxylation is 2. The Balaban J connectivity index is 1.85. The molecule has 2 aromatic heterocycles. The number of nitrogens with zero attached hydrogens (tertiary/aromatic N) is 2. The Bertz CT molecular complexity index is 957. The lowest BCUT2D eigenvalue weighted by atomic mass is 9.90. The number of rotatable bonds is 6. The summed E-state index contributed by atoms with van der Waals surface area (Å²) in [5.41, 5.74) is 2.47. The Morgan fingerprint density at radius 2 is 2.04 bits per heavy atom. The van der Waals surface area contributed by atoms with Crippen LogP contribution in [0.15, 0.2) is 42.7 Å². The van der Waals surface area contributed by atoms with Crippen LogP contribution in [0.4, 0.5) is 0 Å². The number of carbonyl (C=O) groups excluding carboxylic acids is 1. The van der Waals surface area contributed by atoms with Crippen LogP contribution < -0.4 is 0 Å². The molecule has 2 N–H and O–H groups in total. The Hall–Kier alpha value is -2.50. The third-order valence-corrected chi connectivity index (χ3v) is 4.83. The minimum Gasteiger partial charge on any atom is -0.393 e. The summed E-state index contributed by atoms with van der Waals surface area (Å²) in [4.78, 5) is 17.1. The van der Waals surface area contributed by atoms with Crippen molar-refractivity contribution >= 4 is 16.7 Å². The zero-order valence-electron chi connectivity index (χ0n) is 15.4. The minimum atomic E-state index is -1.32. The molecule has 0 aliphatic rings. The molecule has 3 aromatic rings. The third kappa shape index (κ3) is 3.41. The molecule has 1 atom stereocenters. The highest BCUT2D eigenvalue weighted by molar-refractivity contribution is 5.98. The van der Waals surface area contributed by atoms with E-state index in [4.69, 9.17) is 0 Å². The Labute approximate surface area is 152 Å². The van der Waals surface area contributed by atoms with E-state index in [2.05, 4.69) is 16.5 Å². The van der Waals surface area contributed by atoms with Crippen molar-refractivity contribution in [2.75, 3.05) is 6.61 Å². The Morgan fingerprint density at radius 3 is 2.69 bits per heavy atom. The van der Waals surface area contributed by atoms with E-state index < -0.39 is 5.60 Å². The topological polar surface area (TPSA) is 75.4 Å². The molecule has 0 amide bonds. The van der Waals surface area contributed by atoms with Gasteiger partial charge in [0.1, 0.15) is 5.60 Å². The summed E-state index contributed by atoms with van der Waals surface area (Å²) in [6, 6.07) is 9.15. The zero-order valence-corrected chi connectivity index (χ0v) is 15.4. The van der Waals surface area contributed by atoms with Gasteiger partial charge in [-0.2, -0.15) is 0 Å². The SMILES string of the molecule is CCn1ccc2cnc(CC(=O)c3ccc([C@@](C)(O)CO)c(C)c3)cc21. The molecule has 0 unspecified atom stereocenters. The van der Waals surface area contributed by atoms with E-state index in [0.29, 0.717) is 11.1 Å². The first-order valence-electron chi connectivity index (χ1n) is 8.77. The van der Waals surface area contributed by atoms with Crippen LogP contribution in [-0.4, -0.2) is 32.2 Å². The van der Waals surface area contributed by atoms with Gasteiger partial charge in [0.05, 0.1) is 24.2 Å². The van der Waals surface area contributed by atoms with Gasteiger partial charge in [-0.25, -0.2) is 0 Å². The highest BCUT2D eigenvalue weighted by atomic mass is 16.3. The van der Waals surface area contributed by atoms with Crippen molar-refractivity contribution in [2.24, 2.45) is 0 Å². The number of aliphatic hydroxyl groups is 2. The molecule has 0 aliphatic heterocycles. The fourth-order valence-corrected chi connectivity index (χ4v) is 3.29. The summed E-state index contributed by atoms with van der Waals surface area (Å²) in [5, 5.41) is 20.6. The summed E-state index contributed by atoms with van der Waals surface area (Å²) in [5.74, 6) is -0.0234. The summed E-state index contributed by atoms with van der Waals surface area (Å²) < 4.78 is 2.13. The first-order valence-corrected chi connectivity index (χ1v) is 8.77. The zero-order chi connectivity index (χ0) is 18.9. The smallest absolute Gasteiger partial charge is 0.168 e. The minimum absolute atomic E-state index is 0.0234. The highest BCUT2D eigenvalue weighted by Crippen LogP contribution is 2.25. The number of ketones is 1. The molecule has 0 spiro atoms. The molecule has 0 saturated carbocycles. The summed E-state index contributed by atoms with van der Waals surface area (Å²) in [7, 11) is 0. The van der Waals surface area contributed by atoms with Gasteiger partial charge in [-0.05, 0) is 50.1 Å². The standard InChI is InChI=1S/C21H24N2O3/c1-4-23-8-7-16-12-22-17(10-19(16)23)11-20(25)15-5-6-18(14(2)9-15)21(3,26)13-24/h5-10,12,24,26H,4,11,13H2,1-3H3/t21-/m0/s1. The maximum absolute atomic E-state index is 12.7. The maximum atomic E-state index is 12.7. The van der Waals surface area contributed by atoms with Crippen molar-refractivity contribution in [1.82, 2.24) is 9.55 Å². The van der Waals surface area contributed by atoms with Crippen LogP contribution in [0.5, 0.6) is 0 Å². The van der Waals surface area contributed by atoms with Gasteiger partial charge in [-0.3, -0.25) is 9.78 Å². The Kier molecular flexibility index (Phi) is 4.94. The maximum Gasteiger partial charge on any atom is 0.168 e. The van der Waals surface area contributed by atoms with Crippen LogP contribution >= 0.6 is 0 Å². The summed E-state index contributed by atoms with van der Waals surface area (Å²) in [6.07, 6.45) is 4.05. The molecule has 5 heteroatoms. The van der Waals surface area contributed by atoms with Crippen molar-refractivity contribution in [3.05, 3.63) is 65.1 Å².